The van der Waals surface area contributed by atoms with E-state index in [1.165, 1.54) is 16.2 Å². The molecule has 0 radical (unpaired) electrons. The fraction of sp³-hybridized carbons (Fsp3) is 0.412. The molecule has 254 valence electrons. The summed E-state index contributed by atoms with van der Waals surface area (Å²) in [6.07, 6.45) is 1.21. The van der Waals surface area contributed by atoms with Crippen LogP contribution in [0.3, 0.4) is 0 Å². The van der Waals surface area contributed by atoms with Crippen LogP contribution in [0, 0.1) is 11.7 Å². The van der Waals surface area contributed by atoms with Crippen LogP contribution in [0.15, 0.2) is 66.1 Å². The summed E-state index contributed by atoms with van der Waals surface area (Å²) in [4.78, 5) is 46.2. The number of carboxylic acids is 1. The number of ether oxygens (including phenoxy) is 1. The number of carboxylic acid groups (broad SMARTS) is 1. The topological polar surface area (TPSA) is 121 Å². The number of aliphatic carboxylic acids is 1. The largest absolute Gasteiger partial charge is 0.479 e. The van der Waals surface area contributed by atoms with Crippen molar-refractivity contribution >= 4 is 34.8 Å². The Bertz CT molecular complexity index is 1700. The zero-order valence-corrected chi connectivity index (χ0v) is 26.5. The molecule has 3 aliphatic rings. The molecule has 1 saturated carbocycles. The number of thiazole rings is 1. The van der Waals surface area contributed by atoms with Crippen molar-refractivity contribution in [3.8, 4) is 16.5 Å². The number of hydrogen-bond acceptors (Lipinski definition) is 7. The molecule has 14 heteroatoms. The summed E-state index contributed by atoms with van der Waals surface area (Å²) in [5.41, 5.74) is -1.37. The number of fused-ring (bicyclic) bond motifs is 2. The zero-order chi connectivity index (χ0) is 34.1. The minimum atomic E-state index is -4.81. The van der Waals surface area contributed by atoms with Gasteiger partial charge in [-0.15, -0.1) is 0 Å². The summed E-state index contributed by atoms with van der Waals surface area (Å²) in [5, 5.41) is 17.7. The maximum Gasteiger partial charge on any atom is 0.416 e. The lowest BCUT2D eigenvalue weighted by Crippen LogP contribution is -2.55. The van der Waals surface area contributed by atoms with E-state index in [-0.39, 0.29) is 31.5 Å². The number of aromatic nitrogens is 1. The van der Waals surface area contributed by atoms with Gasteiger partial charge >= 0.3 is 12.1 Å². The van der Waals surface area contributed by atoms with Gasteiger partial charge in [-0.1, -0.05) is 66.7 Å². The maximum atomic E-state index is 14.3. The average molecular weight is 687 g/mol. The van der Waals surface area contributed by atoms with Crippen LogP contribution in [0.2, 0.25) is 0 Å². The molecule has 48 heavy (non-hydrogen) atoms. The van der Waals surface area contributed by atoms with E-state index >= 15 is 0 Å². The van der Waals surface area contributed by atoms with Gasteiger partial charge in [0.25, 0.3) is 5.19 Å². The van der Waals surface area contributed by atoms with Crippen LogP contribution in [0.4, 0.5) is 23.2 Å². The standard InChI is InChI=1S/C34H34F4N4O5S/c35-23-13-22(34(36,37)38)14-24(15-23)39-26-12-8-3-1-2-7-11-21-17-33(21,31(45)46)41-29(43)28-16-25(18-42(28)30(26)44)47-32-40-27(19-48-32)20-9-5-4-6-10-20/h4-7,9-11,13-15,19,21,25-26,28,39H,1-3,8,12,16-18H2,(H,41,43)(H,45,46)/t21-,25-,26+,28+,33-/m1/s1. The normalized spacial score (nSPS) is 26.5. The number of nitrogens with one attached hydrogen (secondary N) is 2. The van der Waals surface area contributed by atoms with Crippen LogP contribution in [0.5, 0.6) is 5.19 Å². The van der Waals surface area contributed by atoms with Gasteiger partial charge in [0.2, 0.25) is 11.8 Å². The van der Waals surface area contributed by atoms with Crippen molar-refractivity contribution in [1.82, 2.24) is 15.2 Å². The molecule has 1 aliphatic carbocycles. The number of carbonyl (C=O) groups excluding carboxylic acids is 2. The van der Waals surface area contributed by atoms with E-state index < -0.39 is 65.0 Å². The molecule has 6 rings (SSSR count). The molecule has 1 aromatic heterocycles. The van der Waals surface area contributed by atoms with Crippen molar-refractivity contribution in [3.63, 3.8) is 0 Å². The first-order valence-corrected chi connectivity index (χ1v) is 16.7. The minimum Gasteiger partial charge on any atom is -0.479 e. The molecule has 3 heterocycles. The van der Waals surface area contributed by atoms with Gasteiger partial charge in [0, 0.05) is 29.0 Å². The van der Waals surface area contributed by atoms with E-state index in [1.807, 2.05) is 41.8 Å². The van der Waals surface area contributed by atoms with E-state index in [9.17, 15) is 37.1 Å². The Morgan fingerprint density at radius 1 is 1.12 bits per heavy atom. The summed E-state index contributed by atoms with van der Waals surface area (Å²) < 4.78 is 60.9. The molecule has 3 aromatic rings. The molecular weight excluding hydrogens is 652 g/mol. The van der Waals surface area contributed by atoms with Gasteiger partial charge in [0.15, 0.2) is 0 Å². The van der Waals surface area contributed by atoms with Crippen LogP contribution < -0.4 is 15.4 Å². The van der Waals surface area contributed by atoms with E-state index in [0.29, 0.717) is 36.2 Å². The number of amides is 2. The summed E-state index contributed by atoms with van der Waals surface area (Å²) in [5.74, 6) is -3.96. The summed E-state index contributed by atoms with van der Waals surface area (Å²) >= 11 is 1.25. The Hall–Kier alpha value is -4.46. The number of alkyl halides is 3. The number of hydrogen-bond donors (Lipinski definition) is 3. The van der Waals surface area contributed by atoms with Crippen LogP contribution in [0.25, 0.3) is 11.3 Å². The van der Waals surface area contributed by atoms with Crippen molar-refractivity contribution in [2.45, 2.75) is 74.8 Å². The van der Waals surface area contributed by atoms with Gasteiger partial charge in [0.05, 0.1) is 17.8 Å². The Morgan fingerprint density at radius 2 is 1.92 bits per heavy atom. The molecule has 2 aliphatic heterocycles. The van der Waals surface area contributed by atoms with Gasteiger partial charge in [-0.3, -0.25) is 9.59 Å². The number of nitrogens with zero attached hydrogens (tertiary/aromatic N) is 2. The zero-order valence-electron chi connectivity index (χ0n) is 25.7. The molecule has 5 atom stereocenters. The number of anilines is 1. The first kappa shape index (κ1) is 33.4. The molecule has 2 aromatic carbocycles. The van der Waals surface area contributed by atoms with Crippen molar-refractivity contribution in [1.29, 1.82) is 0 Å². The Morgan fingerprint density at radius 3 is 2.67 bits per heavy atom. The maximum absolute atomic E-state index is 14.3. The highest BCUT2D eigenvalue weighted by atomic mass is 32.1. The second-order valence-electron chi connectivity index (χ2n) is 12.4. The Labute approximate surface area is 278 Å². The molecule has 2 amide bonds. The number of allylic oxidation sites excluding steroid dienone is 1. The van der Waals surface area contributed by atoms with Gasteiger partial charge in [-0.05, 0) is 43.9 Å². The van der Waals surface area contributed by atoms with E-state index in [0.717, 1.165) is 24.1 Å². The molecule has 1 saturated heterocycles. The molecular formula is C34H34F4N4O5S. The Kier molecular flexibility index (Phi) is 9.46. The third-order valence-corrected chi connectivity index (χ3v) is 9.74. The van der Waals surface area contributed by atoms with Crippen molar-refractivity contribution in [2.24, 2.45) is 5.92 Å². The fourth-order valence-corrected chi connectivity index (χ4v) is 7.12. The quantitative estimate of drug-likeness (QED) is 0.206. The number of carbonyl (C=O) groups is 3. The third kappa shape index (κ3) is 7.33. The molecule has 0 spiro atoms. The van der Waals surface area contributed by atoms with Crippen molar-refractivity contribution in [2.75, 3.05) is 11.9 Å². The Balaban J connectivity index is 1.29. The first-order valence-electron chi connectivity index (χ1n) is 15.8. The lowest BCUT2D eigenvalue weighted by Gasteiger charge is -2.30. The SMILES string of the molecule is O=C1N[C@]2(C(=O)O)C[C@H]2C=CCCCCC[C@H](Nc2cc(F)cc(C(F)(F)F)c2)C(=O)N2C[C@H](Oc3nc(-c4ccccc4)cs3)C[C@@H]12. The second-order valence-corrected chi connectivity index (χ2v) is 13.2. The third-order valence-electron chi connectivity index (χ3n) is 9.01. The van der Waals surface area contributed by atoms with Crippen molar-refractivity contribution < 1.29 is 41.8 Å². The monoisotopic (exact) mass is 686 g/mol. The lowest BCUT2D eigenvalue weighted by atomic mass is 10.0. The average Bonchev–Trinajstić information content (AvgIpc) is 3.33. The number of rotatable bonds is 6. The van der Waals surface area contributed by atoms with Crippen LogP contribution in [-0.4, -0.2) is 63.0 Å². The van der Waals surface area contributed by atoms with Gasteiger partial charge in [-0.2, -0.15) is 13.2 Å². The molecule has 2 fully saturated rings. The molecule has 9 nitrogen and oxygen atoms in total. The first-order chi connectivity index (χ1) is 22.9. The van der Waals surface area contributed by atoms with Gasteiger partial charge in [0.1, 0.15) is 29.5 Å². The van der Waals surface area contributed by atoms with Crippen LogP contribution in [-0.2, 0) is 20.6 Å². The minimum absolute atomic E-state index is 0.0267. The van der Waals surface area contributed by atoms with E-state index in [1.54, 1.807) is 6.08 Å². The molecule has 0 unspecified atom stereocenters. The van der Waals surface area contributed by atoms with E-state index in [2.05, 4.69) is 15.6 Å². The highest BCUT2D eigenvalue weighted by molar-refractivity contribution is 7.11. The summed E-state index contributed by atoms with van der Waals surface area (Å²) in [6.45, 7) is -0.0598. The van der Waals surface area contributed by atoms with Gasteiger partial charge in [-0.25, -0.2) is 14.2 Å². The highest BCUT2D eigenvalue weighted by Gasteiger charge is 2.61. The molecule has 3 N–H and O–H groups in total. The lowest BCUT2D eigenvalue weighted by molar-refractivity contribution is -0.145. The fourth-order valence-electron chi connectivity index (χ4n) is 6.38. The van der Waals surface area contributed by atoms with Gasteiger partial charge < -0.3 is 25.4 Å². The molecule has 0 bridgehead atoms. The summed E-state index contributed by atoms with van der Waals surface area (Å²) in [6, 6.07) is 9.22. The van der Waals surface area contributed by atoms with Crippen LogP contribution >= 0.6 is 11.3 Å². The van der Waals surface area contributed by atoms with E-state index in [4.69, 9.17) is 4.74 Å². The number of halogens is 4. The number of benzene rings is 2. The predicted octanol–water partition coefficient (Wildman–Crippen LogP) is 6.28. The van der Waals surface area contributed by atoms with Crippen molar-refractivity contribution in [3.05, 3.63) is 77.4 Å². The summed E-state index contributed by atoms with van der Waals surface area (Å²) in [7, 11) is 0. The van der Waals surface area contributed by atoms with Crippen LogP contribution in [0.1, 0.15) is 50.5 Å². The smallest absolute Gasteiger partial charge is 0.416 e. The predicted molar refractivity (Wildman–Crippen MR) is 170 cm³/mol. The highest BCUT2D eigenvalue weighted by Crippen LogP contribution is 2.45. The second kappa shape index (κ2) is 13.6.